The van der Waals surface area contributed by atoms with Crippen molar-refractivity contribution in [3.05, 3.63) is 11.6 Å². The van der Waals surface area contributed by atoms with Crippen LogP contribution >= 0.6 is 0 Å². The van der Waals surface area contributed by atoms with Gasteiger partial charge in [-0.15, -0.1) is 0 Å². The Morgan fingerprint density at radius 2 is 2.08 bits per heavy atom. The summed E-state index contributed by atoms with van der Waals surface area (Å²) in [5.74, 6) is 1.70. The lowest BCUT2D eigenvalue weighted by Crippen LogP contribution is -2.26. The Balaban J connectivity index is 2.28. The first-order chi connectivity index (χ1) is 5.97. The van der Waals surface area contributed by atoms with Gasteiger partial charge in [0.05, 0.1) is 6.54 Å². The van der Waals surface area contributed by atoms with Crippen LogP contribution in [-0.2, 0) is 6.54 Å². The normalized spacial score (nSPS) is 12.0. The summed E-state index contributed by atoms with van der Waals surface area (Å²) in [7, 11) is 0. The molecule has 4 heteroatoms. The summed E-state index contributed by atoms with van der Waals surface area (Å²) in [5, 5.41) is 10.2. The third-order valence-electron chi connectivity index (χ3n) is 1.58. The van der Waals surface area contributed by atoms with Gasteiger partial charge in [0.2, 0.25) is 0 Å². The molecule has 1 rings (SSSR count). The zero-order valence-corrected chi connectivity index (χ0v) is 8.81. The molecule has 0 unspecified atom stereocenters. The highest BCUT2D eigenvalue weighted by Gasteiger charge is 2.09. The zero-order chi connectivity index (χ0) is 9.90. The second-order valence-corrected chi connectivity index (χ2v) is 4.50. The van der Waals surface area contributed by atoms with Gasteiger partial charge in [0.25, 0.3) is 0 Å². The van der Waals surface area contributed by atoms with Crippen molar-refractivity contribution in [1.29, 1.82) is 0 Å². The number of aryl methyl sites for hydroxylation is 1. The van der Waals surface area contributed by atoms with Crippen LogP contribution in [0.15, 0.2) is 0 Å². The summed E-state index contributed by atoms with van der Waals surface area (Å²) in [4.78, 5) is 4.20. The third-order valence-corrected chi connectivity index (χ3v) is 1.58. The molecule has 0 spiro atoms. The van der Waals surface area contributed by atoms with Crippen LogP contribution in [-0.4, -0.2) is 21.7 Å². The Kier molecular flexibility index (Phi) is 3.03. The van der Waals surface area contributed by atoms with Crippen molar-refractivity contribution < 1.29 is 0 Å². The third kappa shape index (κ3) is 4.03. The van der Waals surface area contributed by atoms with Gasteiger partial charge in [-0.1, -0.05) is 20.8 Å². The van der Waals surface area contributed by atoms with Gasteiger partial charge < -0.3 is 5.32 Å². The van der Waals surface area contributed by atoms with E-state index in [0.29, 0.717) is 5.41 Å². The molecule has 13 heavy (non-hydrogen) atoms. The molecule has 0 saturated carbocycles. The van der Waals surface area contributed by atoms with Gasteiger partial charge in [-0.25, -0.2) is 4.98 Å². The summed E-state index contributed by atoms with van der Waals surface area (Å²) < 4.78 is 0. The molecule has 0 fully saturated rings. The van der Waals surface area contributed by atoms with Gasteiger partial charge >= 0.3 is 0 Å². The number of aromatic amines is 1. The highest BCUT2D eigenvalue weighted by Crippen LogP contribution is 2.10. The van der Waals surface area contributed by atoms with Gasteiger partial charge in [-0.3, -0.25) is 5.10 Å². The molecule has 74 valence electrons. The minimum atomic E-state index is 0.311. The van der Waals surface area contributed by atoms with Gasteiger partial charge in [0.1, 0.15) is 5.82 Å². The predicted molar refractivity (Wildman–Crippen MR) is 52.3 cm³/mol. The van der Waals surface area contributed by atoms with E-state index in [1.807, 2.05) is 6.92 Å². The average molecular weight is 182 g/mol. The van der Waals surface area contributed by atoms with E-state index in [2.05, 4.69) is 41.3 Å². The first kappa shape index (κ1) is 10.2. The lowest BCUT2D eigenvalue weighted by molar-refractivity contribution is 0.377. The first-order valence-corrected chi connectivity index (χ1v) is 4.56. The maximum Gasteiger partial charge on any atom is 0.164 e. The fourth-order valence-electron chi connectivity index (χ4n) is 1.02. The van der Waals surface area contributed by atoms with Crippen molar-refractivity contribution in [2.75, 3.05) is 6.54 Å². The SMILES string of the molecule is Cc1nc(CNCC(C)(C)C)n[nH]1. The number of hydrogen-bond donors (Lipinski definition) is 2. The number of hydrogen-bond acceptors (Lipinski definition) is 3. The Morgan fingerprint density at radius 3 is 2.54 bits per heavy atom. The number of H-pyrrole nitrogens is 1. The number of nitrogens with one attached hydrogen (secondary N) is 2. The molecule has 0 amide bonds. The van der Waals surface area contributed by atoms with Crippen molar-refractivity contribution >= 4 is 0 Å². The highest BCUT2D eigenvalue weighted by molar-refractivity contribution is 4.87. The van der Waals surface area contributed by atoms with E-state index >= 15 is 0 Å². The average Bonchev–Trinajstić information content (AvgIpc) is 2.33. The lowest BCUT2D eigenvalue weighted by atomic mass is 9.97. The van der Waals surface area contributed by atoms with Crippen LogP contribution < -0.4 is 5.32 Å². The standard InChI is InChI=1S/C9H18N4/c1-7-11-8(13-12-7)5-10-6-9(2,3)4/h10H,5-6H2,1-4H3,(H,11,12,13). The van der Waals surface area contributed by atoms with E-state index in [4.69, 9.17) is 0 Å². The van der Waals surface area contributed by atoms with Crippen LogP contribution in [0.25, 0.3) is 0 Å². The van der Waals surface area contributed by atoms with Crippen LogP contribution in [0.5, 0.6) is 0 Å². The molecule has 2 N–H and O–H groups in total. The van der Waals surface area contributed by atoms with Gasteiger partial charge in [-0.05, 0) is 12.3 Å². The van der Waals surface area contributed by atoms with Crippen molar-refractivity contribution in [2.24, 2.45) is 5.41 Å². The largest absolute Gasteiger partial charge is 0.309 e. The fourth-order valence-corrected chi connectivity index (χ4v) is 1.02. The van der Waals surface area contributed by atoms with E-state index in [-0.39, 0.29) is 0 Å². The minimum absolute atomic E-state index is 0.311. The second kappa shape index (κ2) is 3.87. The van der Waals surface area contributed by atoms with Crippen molar-refractivity contribution in [3.63, 3.8) is 0 Å². The Bertz CT molecular complexity index is 259. The van der Waals surface area contributed by atoms with Gasteiger partial charge in [0.15, 0.2) is 5.82 Å². The molecule has 0 aliphatic carbocycles. The van der Waals surface area contributed by atoms with Crippen LogP contribution in [0.1, 0.15) is 32.4 Å². The second-order valence-electron chi connectivity index (χ2n) is 4.50. The molecule has 0 bridgehead atoms. The van der Waals surface area contributed by atoms with Gasteiger partial charge in [0, 0.05) is 6.54 Å². The molecule has 0 radical (unpaired) electrons. The molecule has 1 aromatic heterocycles. The van der Waals surface area contributed by atoms with Crippen molar-refractivity contribution in [1.82, 2.24) is 20.5 Å². The van der Waals surface area contributed by atoms with Crippen LogP contribution in [0.3, 0.4) is 0 Å². The van der Waals surface area contributed by atoms with Crippen LogP contribution in [0.4, 0.5) is 0 Å². The van der Waals surface area contributed by atoms with Crippen molar-refractivity contribution in [2.45, 2.75) is 34.2 Å². The number of rotatable bonds is 3. The van der Waals surface area contributed by atoms with E-state index < -0.39 is 0 Å². The smallest absolute Gasteiger partial charge is 0.164 e. The Labute approximate surface area is 79.2 Å². The van der Waals surface area contributed by atoms with E-state index in [0.717, 1.165) is 24.7 Å². The van der Waals surface area contributed by atoms with Gasteiger partial charge in [-0.2, -0.15) is 5.10 Å². The van der Waals surface area contributed by atoms with Crippen LogP contribution in [0, 0.1) is 12.3 Å². The first-order valence-electron chi connectivity index (χ1n) is 4.56. The molecular weight excluding hydrogens is 164 g/mol. The molecule has 0 aliphatic rings. The predicted octanol–water partition coefficient (Wildman–Crippen LogP) is 1.25. The molecule has 4 nitrogen and oxygen atoms in total. The van der Waals surface area contributed by atoms with Crippen molar-refractivity contribution in [3.8, 4) is 0 Å². The summed E-state index contributed by atoms with van der Waals surface area (Å²) in [6.07, 6.45) is 0. The minimum Gasteiger partial charge on any atom is -0.309 e. The molecule has 1 heterocycles. The highest BCUT2D eigenvalue weighted by atomic mass is 15.2. The number of aromatic nitrogens is 3. The molecular formula is C9H18N4. The quantitative estimate of drug-likeness (QED) is 0.739. The lowest BCUT2D eigenvalue weighted by Gasteiger charge is -2.17. The topological polar surface area (TPSA) is 53.6 Å². The maximum absolute atomic E-state index is 4.20. The molecule has 0 saturated heterocycles. The van der Waals surface area contributed by atoms with E-state index in [1.54, 1.807) is 0 Å². The van der Waals surface area contributed by atoms with E-state index in [1.165, 1.54) is 0 Å². The van der Waals surface area contributed by atoms with E-state index in [9.17, 15) is 0 Å². The molecule has 1 aromatic rings. The molecule has 0 atom stereocenters. The summed E-state index contributed by atoms with van der Waals surface area (Å²) in [5.41, 5.74) is 0.311. The number of nitrogens with zero attached hydrogens (tertiary/aromatic N) is 2. The zero-order valence-electron chi connectivity index (χ0n) is 8.81. The summed E-state index contributed by atoms with van der Waals surface area (Å²) >= 11 is 0. The molecule has 0 aliphatic heterocycles. The Hall–Kier alpha value is -0.900. The Morgan fingerprint density at radius 1 is 1.38 bits per heavy atom. The fraction of sp³-hybridized carbons (Fsp3) is 0.778. The van der Waals surface area contributed by atoms with Crippen LogP contribution in [0.2, 0.25) is 0 Å². The monoisotopic (exact) mass is 182 g/mol. The maximum atomic E-state index is 4.20. The summed E-state index contributed by atoms with van der Waals surface area (Å²) in [6.45, 7) is 10.2. The summed E-state index contributed by atoms with van der Waals surface area (Å²) in [6, 6.07) is 0. The molecule has 0 aromatic carbocycles.